The van der Waals surface area contributed by atoms with E-state index in [1.807, 2.05) is 6.92 Å². The van der Waals surface area contributed by atoms with Crippen LogP contribution in [0.25, 0.3) is 0 Å². The molecule has 90 valence electrons. The van der Waals surface area contributed by atoms with Crippen molar-refractivity contribution in [1.29, 1.82) is 0 Å². The fourth-order valence-electron chi connectivity index (χ4n) is 1.37. The highest BCUT2D eigenvalue weighted by molar-refractivity contribution is 5.27. The van der Waals surface area contributed by atoms with Gasteiger partial charge in [-0.3, -0.25) is 0 Å². The van der Waals surface area contributed by atoms with Gasteiger partial charge in [-0.05, 0) is 30.2 Å². The number of hydrogen-bond acceptors (Lipinski definition) is 3. The first-order valence-corrected chi connectivity index (χ1v) is 5.40. The van der Waals surface area contributed by atoms with Crippen molar-refractivity contribution in [3.8, 4) is 0 Å². The summed E-state index contributed by atoms with van der Waals surface area (Å²) in [5.41, 5.74) is 7.27. The largest absolute Gasteiger partial charge is 0.379 e. The fraction of sp³-hybridized carbons (Fsp3) is 0.500. The minimum Gasteiger partial charge on any atom is -0.379 e. The van der Waals surface area contributed by atoms with Crippen molar-refractivity contribution in [2.24, 2.45) is 5.73 Å². The van der Waals surface area contributed by atoms with E-state index in [1.54, 1.807) is 6.07 Å². The lowest BCUT2D eigenvalue weighted by atomic mass is 10.1. The zero-order valence-corrected chi connectivity index (χ0v) is 9.54. The Morgan fingerprint density at radius 3 is 2.62 bits per heavy atom. The number of hydrogen-bond donors (Lipinski definition) is 1. The van der Waals surface area contributed by atoms with Crippen LogP contribution in [0.4, 0.5) is 4.39 Å². The monoisotopic (exact) mass is 227 g/mol. The van der Waals surface area contributed by atoms with Gasteiger partial charge in [-0.2, -0.15) is 0 Å². The Hall–Kier alpha value is -0.970. The van der Waals surface area contributed by atoms with Gasteiger partial charge in [0.25, 0.3) is 0 Å². The Balaban J connectivity index is 2.42. The van der Waals surface area contributed by atoms with Gasteiger partial charge >= 0.3 is 0 Å². The number of ether oxygens (including phenoxy) is 2. The molecule has 0 aliphatic heterocycles. The summed E-state index contributed by atoms with van der Waals surface area (Å²) in [5.74, 6) is -0.263. The molecule has 1 aromatic rings. The maximum absolute atomic E-state index is 13.0. The second-order valence-corrected chi connectivity index (χ2v) is 3.37. The molecular formula is C12H18FNO2. The Morgan fingerprint density at radius 1 is 1.19 bits per heavy atom. The molecule has 16 heavy (non-hydrogen) atoms. The average molecular weight is 227 g/mol. The van der Waals surface area contributed by atoms with Crippen LogP contribution in [0.1, 0.15) is 18.1 Å². The minimum atomic E-state index is -0.263. The first kappa shape index (κ1) is 13.1. The van der Waals surface area contributed by atoms with Crippen molar-refractivity contribution in [3.05, 3.63) is 35.1 Å². The molecule has 0 aliphatic rings. The Kier molecular flexibility index (Phi) is 6.00. The predicted molar refractivity (Wildman–Crippen MR) is 60.4 cm³/mol. The number of rotatable bonds is 7. The van der Waals surface area contributed by atoms with Crippen LogP contribution in [0.2, 0.25) is 0 Å². The van der Waals surface area contributed by atoms with Crippen molar-refractivity contribution in [3.63, 3.8) is 0 Å². The molecule has 0 spiro atoms. The van der Waals surface area contributed by atoms with Crippen LogP contribution < -0.4 is 5.73 Å². The summed E-state index contributed by atoms with van der Waals surface area (Å²) in [6.45, 7) is 4.44. The highest BCUT2D eigenvalue weighted by Crippen LogP contribution is 2.12. The number of halogens is 1. The van der Waals surface area contributed by atoms with Gasteiger partial charge in [-0.25, -0.2) is 4.39 Å². The Morgan fingerprint density at radius 2 is 1.94 bits per heavy atom. The lowest BCUT2D eigenvalue weighted by Crippen LogP contribution is -2.07. The van der Waals surface area contributed by atoms with Gasteiger partial charge < -0.3 is 15.2 Å². The Labute approximate surface area is 95.4 Å². The summed E-state index contributed by atoms with van der Waals surface area (Å²) in [6.07, 6.45) is 0. The van der Waals surface area contributed by atoms with E-state index >= 15 is 0 Å². The van der Waals surface area contributed by atoms with Crippen molar-refractivity contribution in [1.82, 2.24) is 0 Å². The highest BCUT2D eigenvalue weighted by atomic mass is 19.1. The molecule has 0 unspecified atom stereocenters. The van der Waals surface area contributed by atoms with Crippen LogP contribution in [-0.4, -0.2) is 19.8 Å². The van der Waals surface area contributed by atoms with Gasteiger partial charge in [0.2, 0.25) is 0 Å². The second-order valence-electron chi connectivity index (χ2n) is 3.37. The lowest BCUT2D eigenvalue weighted by Gasteiger charge is -2.09. The van der Waals surface area contributed by atoms with E-state index in [0.29, 0.717) is 33.0 Å². The summed E-state index contributed by atoms with van der Waals surface area (Å²) < 4.78 is 23.5. The molecule has 0 radical (unpaired) electrons. The molecule has 4 heteroatoms. The van der Waals surface area contributed by atoms with Crippen molar-refractivity contribution < 1.29 is 13.9 Å². The SMILES string of the molecule is CCOCCOCc1cc(F)ccc1CN. The van der Waals surface area contributed by atoms with Gasteiger partial charge in [-0.1, -0.05) is 6.07 Å². The molecular weight excluding hydrogens is 209 g/mol. The second kappa shape index (κ2) is 7.33. The molecule has 0 atom stereocenters. The molecule has 0 heterocycles. The molecule has 0 aliphatic carbocycles. The normalized spacial score (nSPS) is 10.7. The predicted octanol–water partition coefficient (Wildman–Crippen LogP) is 1.84. The first-order chi connectivity index (χ1) is 7.77. The van der Waals surface area contributed by atoms with E-state index in [-0.39, 0.29) is 5.82 Å². The van der Waals surface area contributed by atoms with Crippen LogP contribution >= 0.6 is 0 Å². The smallest absolute Gasteiger partial charge is 0.123 e. The van der Waals surface area contributed by atoms with Gasteiger partial charge in [0.1, 0.15) is 5.82 Å². The maximum Gasteiger partial charge on any atom is 0.123 e. The number of benzene rings is 1. The zero-order valence-electron chi connectivity index (χ0n) is 9.54. The zero-order chi connectivity index (χ0) is 11.8. The molecule has 3 nitrogen and oxygen atoms in total. The molecule has 0 aromatic heterocycles. The average Bonchev–Trinajstić information content (AvgIpc) is 2.29. The van der Waals surface area contributed by atoms with E-state index in [0.717, 1.165) is 11.1 Å². The number of nitrogens with two attached hydrogens (primary N) is 1. The molecule has 1 rings (SSSR count). The minimum absolute atomic E-state index is 0.263. The molecule has 0 bridgehead atoms. The van der Waals surface area contributed by atoms with Crippen LogP contribution in [0.5, 0.6) is 0 Å². The topological polar surface area (TPSA) is 44.5 Å². The van der Waals surface area contributed by atoms with E-state index in [2.05, 4.69) is 0 Å². The van der Waals surface area contributed by atoms with Crippen LogP contribution in [-0.2, 0) is 22.6 Å². The fourth-order valence-corrected chi connectivity index (χ4v) is 1.37. The summed E-state index contributed by atoms with van der Waals surface area (Å²) in [6, 6.07) is 4.56. The van der Waals surface area contributed by atoms with Crippen molar-refractivity contribution >= 4 is 0 Å². The third-order valence-corrected chi connectivity index (χ3v) is 2.22. The molecule has 0 fully saturated rings. The van der Waals surface area contributed by atoms with Gasteiger partial charge in [0.05, 0.1) is 19.8 Å². The summed E-state index contributed by atoms with van der Waals surface area (Å²) >= 11 is 0. The molecule has 0 saturated carbocycles. The molecule has 1 aromatic carbocycles. The summed E-state index contributed by atoms with van der Waals surface area (Å²) in [7, 11) is 0. The third-order valence-electron chi connectivity index (χ3n) is 2.22. The van der Waals surface area contributed by atoms with E-state index in [1.165, 1.54) is 12.1 Å². The van der Waals surface area contributed by atoms with Crippen LogP contribution in [0.15, 0.2) is 18.2 Å². The van der Waals surface area contributed by atoms with Crippen molar-refractivity contribution in [2.45, 2.75) is 20.1 Å². The summed E-state index contributed by atoms with van der Waals surface area (Å²) in [4.78, 5) is 0. The van der Waals surface area contributed by atoms with Crippen molar-refractivity contribution in [2.75, 3.05) is 19.8 Å². The summed E-state index contributed by atoms with van der Waals surface area (Å²) in [5, 5.41) is 0. The lowest BCUT2D eigenvalue weighted by molar-refractivity contribution is 0.0450. The molecule has 2 N–H and O–H groups in total. The quantitative estimate of drug-likeness (QED) is 0.723. The van der Waals surface area contributed by atoms with Gasteiger partial charge in [0.15, 0.2) is 0 Å². The molecule has 0 amide bonds. The van der Waals surface area contributed by atoms with Gasteiger partial charge in [-0.15, -0.1) is 0 Å². The maximum atomic E-state index is 13.0. The van der Waals surface area contributed by atoms with E-state index in [9.17, 15) is 4.39 Å². The molecule has 0 saturated heterocycles. The first-order valence-electron chi connectivity index (χ1n) is 5.40. The standard InChI is InChI=1S/C12H18FNO2/c1-2-15-5-6-16-9-11-7-12(13)4-3-10(11)8-14/h3-4,7H,2,5-6,8-9,14H2,1H3. The van der Waals surface area contributed by atoms with Crippen LogP contribution in [0.3, 0.4) is 0 Å². The van der Waals surface area contributed by atoms with E-state index < -0.39 is 0 Å². The third kappa shape index (κ3) is 4.26. The van der Waals surface area contributed by atoms with Gasteiger partial charge in [0, 0.05) is 13.2 Å². The van der Waals surface area contributed by atoms with E-state index in [4.69, 9.17) is 15.2 Å². The highest BCUT2D eigenvalue weighted by Gasteiger charge is 2.02. The van der Waals surface area contributed by atoms with Crippen LogP contribution in [0, 0.1) is 5.82 Å². The Bertz CT molecular complexity index is 318.